The molecule has 2 N–H and O–H groups in total. The minimum atomic E-state index is -0.572. The van der Waals surface area contributed by atoms with Crippen molar-refractivity contribution in [3.05, 3.63) is 40.6 Å². The molecule has 2 heterocycles. The molecule has 118 valence electrons. The topological polar surface area (TPSA) is 67.2 Å². The Morgan fingerprint density at radius 2 is 2.36 bits per heavy atom. The van der Waals surface area contributed by atoms with Gasteiger partial charge in [-0.1, -0.05) is 0 Å². The molecule has 0 saturated heterocycles. The summed E-state index contributed by atoms with van der Waals surface area (Å²) in [5.41, 5.74) is 0. The smallest absolute Gasteiger partial charge is 0.225 e. The van der Waals surface area contributed by atoms with Crippen molar-refractivity contribution < 1.29 is 9.90 Å². The summed E-state index contributed by atoms with van der Waals surface area (Å²) in [6.07, 6.45) is 7.85. The van der Waals surface area contributed by atoms with Crippen molar-refractivity contribution in [2.24, 2.45) is 0 Å². The monoisotopic (exact) mass is 319 g/mol. The zero-order chi connectivity index (χ0) is 15.5. The Bertz CT molecular complexity index is 623. The van der Waals surface area contributed by atoms with Crippen LogP contribution in [0.1, 0.15) is 35.1 Å². The van der Waals surface area contributed by atoms with Crippen LogP contribution in [0.5, 0.6) is 0 Å². The molecule has 1 aliphatic carbocycles. The van der Waals surface area contributed by atoms with Crippen molar-refractivity contribution in [1.29, 1.82) is 0 Å². The van der Waals surface area contributed by atoms with Crippen molar-refractivity contribution >= 4 is 17.2 Å². The van der Waals surface area contributed by atoms with E-state index in [0.29, 0.717) is 6.42 Å². The van der Waals surface area contributed by atoms with Gasteiger partial charge < -0.3 is 15.0 Å². The SMILES string of the molecule is Cc1ccc(CC(=O)N[C@@H]2CCC[C@@H](n3ccnc3)[C@@H]2O)s1. The van der Waals surface area contributed by atoms with Crippen molar-refractivity contribution in [2.75, 3.05) is 0 Å². The highest BCUT2D eigenvalue weighted by Crippen LogP contribution is 2.29. The molecule has 1 amide bonds. The Morgan fingerprint density at radius 1 is 1.50 bits per heavy atom. The molecule has 0 bridgehead atoms. The van der Waals surface area contributed by atoms with E-state index in [1.54, 1.807) is 23.9 Å². The minimum absolute atomic E-state index is 0.00877. The zero-order valence-electron chi connectivity index (χ0n) is 12.6. The maximum Gasteiger partial charge on any atom is 0.225 e. The van der Waals surface area contributed by atoms with Crippen LogP contribution in [-0.2, 0) is 11.2 Å². The first-order valence-electron chi connectivity index (χ1n) is 7.63. The van der Waals surface area contributed by atoms with Crippen LogP contribution in [0.4, 0.5) is 0 Å². The maximum atomic E-state index is 12.2. The van der Waals surface area contributed by atoms with Gasteiger partial charge in [0, 0.05) is 22.1 Å². The Kier molecular flexibility index (Phi) is 4.59. The van der Waals surface area contributed by atoms with Gasteiger partial charge in [-0.05, 0) is 38.3 Å². The number of rotatable bonds is 4. The third-order valence-corrected chi connectivity index (χ3v) is 5.21. The van der Waals surface area contributed by atoms with E-state index in [1.807, 2.05) is 29.8 Å². The lowest BCUT2D eigenvalue weighted by atomic mass is 9.88. The third kappa shape index (κ3) is 3.39. The number of nitrogens with zero attached hydrogens (tertiary/aromatic N) is 2. The maximum absolute atomic E-state index is 12.2. The van der Waals surface area contributed by atoms with E-state index in [2.05, 4.69) is 10.3 Å². The first-order chi connectivity index (χ1) is 10.6. The van der Waals surface area contributed by atoms with Gasteiger partial charge in [0.1, 0.15) is 0 Å². The molecule has 3 rings (SSSR count). The van der Waals surface area contributed by atoms with Crippen LogP contribution in [0.2, 0.25) is 0 Å². The van der Waals surface area contributed by atoms with Crippen LogP contribution in [0.3, 0.4) is 0 Å². The second-order valence-corrected chi connectivity index (χ2v) is 7.23. The predicted molar refractivity (Wildman–Crippen MR) is 85.8 cm³/mol. The largest absolute Gasteiger partial charge is 0.389 e. The second-order valence-electron chi connectivity index (χ2n) is 5.86. The molecule has 0 spiro atoms. The summed E-state index contributed by atoms with van der Waals surface area (Å²) < 4.78 is 1.94. The number of hydrogen-bond acceptors (Lipinski definition) is 4. The Balaban J connectivity index is 1.60. The third-order valence-electron chi connectivity index (χ3n) is 4.21. The number of nitrogens with one attached hydrogen (secondary N) is 1. The summed E-state index contributed by atoms with van der Waals surface area (Å²) in [4.78, 5) is 18.5. The lowest BCUT2D eigenvalue weighted by Gasteiger charge is -2.35. The quantitative estimate of drug-likeness (QED) is 0.906. The number of imidazole rings is 1. The van der Waals surface area contributed by atoms with E-state index in [0.717, 1.165) is 24.1 Å². The van der Waals surface area contributed by atoms with Gasteiger partial charge in [-0.3, -0.25) is 4.79 Å². The molecule has 22 heavy (non-hydrogen) atoms. The highest BCUT2D eigenvalue weighted by molar-refractivity contribution is 7.12. The molecular weight excluding hydrogens is 298 g/mol. The van der Waals surface area contributed by atoms with Gasteiger partial charge in [0.15, 0.2) is 0 Å². The number of aryl methyl sites for hydroxylation is 1. The standard InChI is InChI=1S/C16H21N3O2S/c1-11-5-6-12(22-11)9-15(20)18-13-3-2-4-14(16(13)21)19-8-7-17-10-19/h5-8,10,13-14,16,21H,2-4,9H2,1H3,(H,18,20)/t13-,14-,16-/m1/s1. The van der Waals surface area contributed by atoms with Gasteiger partial charge in [0.05, 0.1) is 30.9 Å². The Hall–Kier alpha value is -1.66. The summed E-state index contributed by atoms with van der Waals surface area (Å²) in [6, 6.07) is 3.82. The molecule has 6 heteroatoms. The second kappa shape index (κ2) is 6.62. The summed E-state index contributed by atoms with van der Waals surface area (Å²) in [6.45, 7) is 2.03. The first-order valence-corrected chi connectivity index (χ1v) is 8.45. The molecule has 3 atom stereocenters. The molecule has 2 aromatic rings. The number of carbonyl (C=O) groups excluding carboxylic acids is 1. The number of amides is 1. The lowest BCUT2D eigenvalue weighted by molar-refractivity contribution is -0.122. The summed E-state index contributed by atoms with van der Waals surface area (Å²) in [5, 5.41) is 13.6. The highest BCUT2D eigenvalue weighted by atomic mass is 32.1. The number of aliphatic hydroxyl groups excluding tert-OH is 1. The summed E-state index contributed by atoms with van der Waals surface area (Å²) in [5.74, 6) is -0.0165. The van der Waals surface area contributed by atoms with Crippen LogP contribution in [0.15, 0.2) is 30.9 Å². The molecule has 0 aromatic carbocycles. The fraction of sp³-hybridized carbons (Fsp3) is 0.500. The Labute approximate surface area is 134 Å². The van der Waals surface area contributed by atoms with Crippen molar-refractivity contribution in [3.63, 3.8) is 0 Å². The Morgan fingerprint density at radius 3 is 3.05 bits per heavy atom. The highest BCUT2D eigenvalue weighted by Gasteiger charge is 2.33. The van der Waals surface area contributed by atoms with E-state index in [9.17, 15) is 9.90 Å². The van der Waals surface area contributed by atoms with E-state index < -0.39 is 6.10 Å². The van der Waals surface area contributed by atoms with Crippen molar-refractivity contribution in [2.45, 2.75) is 50.8 Å². The van der Waals surface area contributed by atoms with Crippen LogP contribution in [-0.4, -0.2) is 32.7 Å². The van der Waals surface area contributed by atoms with Gasteiger partial charge >= 0.3 is 0 Å². The fourth-order valence-electron chi connectivity index (χ4n) is 3.10. The van der Waals surface area contributed by atoms with Crippen molar-refractivity contribution in [1.82, 2.24) is 14.9 Å². The molecule has 2 aromatic heterocycles. The average molecular weight is 319 g/mol. The van der Waals surface area contributed by atoms with Crippen LogP contribution in [0, 0.1) is 6.92 Å². The molecule has 1 aliphatic rings. The van der Waals surface area contributed by atoms with Gasteiger partial charge in [-0.15, -0.1) is 11.3 Å². The van der Waals surface area contributed by atoms with Gasteiger partial charge in [-0.25, -0.2) is 4.98 Å². The molecule has 0 unspecified atom stereocenters. The summed E-state index contributed by atoms with van der Waals surface area (Å²) in [7, 11) is 0. The molecule has 1 saturated carbocycles. The number of aromatic nitrogens is 2. The fourth-order valence-corrected chi connectivity index (χ4v) is 3.99. The molecule has 5 nitrogen and oxygen atoms in total. The van der Waals surface area contributed by atoms with E-state index in [4.69, 9.17) is 0 Å². The van der Waals surface area contributed by atoms with Crippen LogP contribution < -0.4 is 5.32 Å². The van der Waals surface area contributed by atoms with Crippen LogP contribution in [0.25, 0.3) is 0 Å². The molecule has 0 radical (unpaired) electrons. The van der Waals surface area contributed by atoms with Gasteiger partial charge in [0.25, 0.3) is 0 Å². The summed E-state index contributed by atoms with van der Waals surface area (Å²) >= 11 is 1.64. The first kappa shape index (κ1) is 15.2. The number of carbonyl (C=O) groups is 1. The zero-order valence-corrected chi connectivity index (χ0v) is 13.4. The minimum Gasteiger partial charge on any atom is -0.389 e. The predicted octanol–water partition coefficient (Wildman–Crippen LogP) is 2.07. The van der Waals surface area contributed by atoms with Crippen molar-refractivity contribution in [3.8, 4) is 0 Å². The van der Waals surface area contributed by atoms with E-state index in [1.165, 1.54) is 4.88 Å². The van der Waals surface area contributed by atoms with Gasteiger partial charge in [0.2, 0.25) is 5.91 Å². The average Bonchev–Trinajstić information content (AvgIpc) is 3.13. The van der Waals surface area contributed by atoms with E-state index in [-0.39, 0.29) is 18.0 Å². The molecule has 1 fully saturated rings. The molecular formula is C16H21N3O2S. The number of hydrogen-bond donors (Lipinski definition) is 2. The lowest BCUT2D eigenvalue weighted by Crippen LogP contribution is -2.49. The van der Waals surface area contributed by atoms with E-state index >= 15 is 0 Å². The number of thiophene rings is 1. The normalized spacial score (nSPS) is 25.1. The van der Waals surface area contributed by atoms with Gasteiger partial charge in [-0.2, -0.15) is 0 Å². The van der Waals surface area contributed by atoms with Crippen LogP contribution >= 0.6 is 11.3 Å². The number of aliphatic hydroxyl groups is 1. The molecule has 0 aliphatic heterocycles.